The third-order valence-corrected chi connectivity index (χ3v) is 7.69. The minimum atomic E-state index is -0.277. The minimum absolute atomic E-state index is 0.0286. The average Bonchev–Trinajstić information content (AvgIpc) is 3.29. The Labute approximate surface area is 199 Å². The van der Waals surface area contributed by atoms with Crippen LogP contribution in [0.1, 0.15) is 73.3 Å². The molecule has 1 saturated carbocycles. The smallest absolute Gasteiger partial charge is 0.274 e. The van der Waals surface area contributed by atoms with E-state index in [0.29, 0.717) is 44.2 Å². The van der Waals surface area contributed by atoms with Gasteiger partial charge in [0.05, 0.1) is 25.2 Å². The number of imidazole rings is 1. The molecule has 0 spiro atoms. The first kappa shape index (κ1) is 23.0. The zero-order valence-corrected chi connectivity index (χ0v) is 19.7. The molecule has 7 nitrogen and oxygen atoms in total. The van der Waals surface area contributed by atoms with Crippen molar-refractivity contribution >= 4 is 11.8 Å². The highest BCUT2D eigenvalue weighted by Crippen LogP contribution is 2.29. The molecule has 2 amide bonds. The quantitative estimate of drug-likeness (QED) is 0.740. The van der Waals surface area contributed by atoms with Gasteiger partial charge in [-0.25, -0.2) is 9.37 Å². The van der Waals surface area contributed by atoms with Crippen molar-refractivity contribution in [3.63, 3.8) is 0 Å². The van der Waals surface area contributed by atoms with Gasteiger partial charge in [0.15, 0.2) is 5.69 Å². The van der Waals surface area contributed by atoms with Crippen molar-refractivity contribution in [2.24, 2.45) is 11.8 Å². The maximum Gasteiger partial charge on any atom is 0.274 e. The van der Waals surface area contributed by atoms with E-state index < -0.39 is 0 Å². The fourth-order valence-corrected chi connectivity index (χ4v) is 5.40. The van der Waals surface area contributed by atoms with E-state index >= 15 is 0 Å². The normalized spacial score (nSPS) is 25.6. The van der Waals surface area contributed by atoms with E-state index in [1.54, 1.807) is 23.4 Å². The molecule has 3 aliphatic rings. The van der Waals surface area contributed by atoms with Crippen molar-refractivity contribution < 1.29 is 18.7 Å². The first-order valence-corrected chi connectivity index (χ1v) is 12.5. The van der Waals surface area contributed by atoms with Gasteiger partial charge in [0.2, 0.25) is 5.91 Å². The summed E-state index contributed by atoms with van der Waals surface area (Å²) < 4.78 is 21.2. The molecule has 1 N–H and O–H groups in total. The molecule has 2 fully saturated rings. The van der Waals surface area contributed by atoms with Gasteiger partial charge >= 0.3 is 0 Å². The second-order valence-corrected chi connectivity index (χ2v) is 10.1. The number of hydrogen-bond donors (Lipinski definition) is 1. The number of benzene rings is 1. The Morgan fingerprint density at radius 3 is 2.47 bits per heavy atom. The molecule has 1 aromatic carbocycles. The van der Waals surface area contributed by atoms with Gasteiger partial charge in [-0.1, -0.05) is 19.1 Å². The molecule has 2 aliphatic heterocycles. The van der Waals surface area contributed by atoms with E-state index in [1.165, 1.54) is 25.0 Å². The van der Waals surface area contributed by atoms with Crippen molar-refractivity contribution in [2.75, 3.05) is 13.1 Å². The van der Waals surface area contributed by atoms with E-state index in [1.807, 2.05) is 4.57 Å². The van der Waals surface area contributed by atoms with Gasteiger partial charge in [-0.15, -0.1) is 0 Å². The van der Waals surface area contributed by atoms with Crippen LogP contribution in [0.25, 0.3) is 0 Å². The molecule has 2 aromatic rings. The third kappa shape index (κ3) is 4.87. The number of rotatable bonds is 4. The predicted octanol–water partition coefficient (Wildman–Crippen LogP) is 3.84. The monoisotopic (exact) mass is 468 g/mol. The highest BCUT2D eigenvalue weighted by atomic mass is 19.1. The predicted molar refractivity (Wildman–Crippen MR) is 124 cm³/mol. The SMILES string of the molecule is CC1CCC(NC(=O)C2CCN(C(=O)c3ncn4c3COC(c3ccc(F)cc3)C4)CC2)CC1. The summed E-state index contributed by atoms with van der Waals surface area (Å²) in [6.45, 7) is 4.21. The fraction of sp³-hybridized carbons (Fsp3) is 0.577. The summed E-state index contributed by atoms with van der Waals surface area (Å²) in [5.74, 6) is 0.499. The van der Waals surface area contributed by atoms with Crippen molar-refractivity contribution in [2.45, 2.75) is 70.7 Å². The Morgan fingerprint density at radius 2 is 1.76 bits per heavy atom. The average molecular weight is 469 g/mol. The van der Waals surface area contributed by atoms with Crippen LogP contribution in [0, 0.1) is 17.7 Å². The lowest BCUT2D eigenvalue weighted by atomic mass is 9.86. The second-order valence-electron chi connectivity index (χ2n) is 10.1. The number of hydrogen-bond acceptors (Lipinski definition) is 4. The number of aromatic nitrogens is 2. The number of nitrogens with zero attached hydrogens (tertiary/aromatic N) is 3. The van der Waals surface area contributed by atoms with Crippen LogP contribution in [0.3, 0.4) is 0 Å². The molecule has 1 aromatic heterocycles. The van der Waals surface area contributed by atoms with Crippen molar-refractivity contribution in [1.82, 2.24) is 19.8 Å². The number of ether oxygens (including phenoxy) is 1. The van der Waals surface area contributed by atoms with Crippen LogP contribution in [0.2, 0.25) is 0 Å². The van der Waals surface area contributed by atoms with E-state index in [2.05, 4.69) is 17.2 Å². The molecular formula is C26H33FN4O3. The van der Waals surface area contributed by atoms with Gasteiger partial charge in [0.25, 0.3) is 5.91 Å². The van der Waals surface area contributed by atoms with Gasteiger partial charge in [-0.3, -0.25) is 9.59 Å². The van der Waals surface area contributed by atoms with Crippen LogP contribution in [0.15, 0.2) is 30.6 Å². The molecule has 1 unspecified atom stereocenters. The summed E-state index contributed by atoms with van der Waals surface area (Å²) in [6.07, 6.45) is 7.35. The molecule has 182 valence electrons. The van der Waals surface area contributed by atoms with Crippen molar-refractivity contribution in [1.29, 1.82) is 0 Å². The minimum Gasteiger partial charge on any atom is -0.365 e. The maximum atomic E-state index is 13.2. The first-order valence-electron chi connectivity index (χ1n) is 12.5. The van der Waals surface area contributed by atoms with Gasteiger partial charge in [0, 0.05) is 25.0 Å². The lowest BCUT2D eigenvalue weighted by molar-refractivity contribution is -0.127. The number of likely N-dealkylation sites (tertiary alicyclic amines) is 1. The van der Waals surface area contributed by atoms with E-state index in [0.717, 1.165) is 30.0 Å². The zero-order chi connectivity index (χ0) is 23.7. The molecular weight excluding hydrogens is 435 g/mol. The van der Waals surface area contributed by atoms with Crippen LogP contribution in [0.5, 0.6) is 0 Å². The Morgan fingerprint density at radius 1 is 1.06 bits per heavy atom. The Hall–Kier alpha value is -2.74. The van der Waals surface area contributed by atoms with E-state index in [4.69, 9.17) is 4.74 Å². The number of amides is 2. The first-order chi connectivity index (χ1) is 16.5. The molecule has 1 saturated heterocycles. The van der Waals surface area contributed by atoms with Crippen LogP contribution in [-0.2, 0) is 22.7 Å². The Bertz CT molecular complexity index is 1020. The highest BCUT2D eigenvalue weighted by molar-refractivity contribution is 5.93. The topological polar surface area (TPSA) is 76.5 Å². The number of piperidine rings is 1. The summed E-state index contributed by atoms with van der Waals surface area (Å²) >= 11 is 0. The van der Waals surface area contributed by atoms with Crippen molar-refractivity contribution in [3.8, 4) is 0 Å². The molecule has 3 heterocycles. The van der Waals surface area contributed by atoms with Crippen LogP contribution in [-0.4, -0.2) is 45.4 Å². The van der Waals surface area contributed by atoms with Crippen LogP contribution in [0.4, 0.5) is 4.39 Å². The second kappa shape index (κ2) is 9.86. The Balaban J connectivity index is 1.15. The fourth-order valence-electron chi connectivity index (χ4n) is 5.40. The number of fused-ring (bicyclic) bond motifs is 1. The van der Waals surface area contributed by atoms with Gasteiger partial charge < -0.3 is 19.5 Å². The summed E-state index contributed by atoms with van der Waals surface area (Å²) in [4.78, 5) is 32.2. The summed E-state index contributed by atoms with van der Waals surface area (Å²) in [7, 11) is 0. The largest absolute Gasteiger partial charge is 0.365 e. The van der Waals surface area contributed by atoms with E-state index in [9.17, 15) is 14.0 Å². The standard InChI is InChI=1S/C26H33FN4O3/c1-17-2-8-21(9-3-17)29-25(32)19-10-12-30(13-11-19)26(33)24-22-15-34-23(14-31(22)16-28-24)18-4-6-20(27)7-5-18/h4-7,16-17,19,21,23H,2-3,8-15H2,1H3,(H,29,32). The molecule has 5 rings (SSSR count). The van der Waals surface area contributed by atoms with Crippen LogP contribution < -0.4 is 5.32 Å². The summed E-state index contributed by atoms with van der Waals surface area (Å²) in [5.41, 5.74) is 2.10. The molecule has 34 heavy (non-hydrogen) atoms. The lowest BCUT2D eigenvalue weighted by Gasteiger charge is -2.33. The molecule has 0 radical (unpaired) electrons. The van der Waals surface area contributed by atoms with Gasteiger partial charge in [-0.05, 0) is 62.1 Å². The van der Waals surface area contributed by atoms with Crippen LogP contribution >= 0.6 is 0 Å². The number of carbonyl (C=O) groups excluding carboxylic acids is 2. The molecule has 1 atom stereocenters. The molecule has 8 heteroatoms. The highest BCUT2D eigenvalue weighted by Gasteiger charge is 2.33. The van der Waals surface area contributed by atoms with Gasteiger partial charge in [-0.2, -0.15) is 0 Å². The summed E-state index contributed by atoms with van der Waals surface area (Å²) in [5, 5.41) is 3.25. The van der Waals surface area contributed by atoms with E-state index in [-0.39, 0.29) is 36.3 Å². The number of carbonyl (C=O) groups is 2. The Kier molecular flexibility index (Phi) is 6.68. The van der Waals surface area contributed by atoms with Crippen molar-refractivity contribution in [3.05, 3.63) is 53.4 Å². The van der Waals surface area contributed by atoms with Gasteiger partial charge in [0.1, 0.15) is 11.9 Å². The number of halogens is 1. The maximum absolute atomic E-state index is 13.2. The number of nitrogens with one attached hydrogen (secondary N) is 1. The molecule has 1 aliphatic carbocycles. The lowest BCUT2D eigenvalue weighted by Crippen LogP contribution is -2.46. The zero-order valence-electron chi connectivity index (χ0n) is 19.7. The third-order valence-electron chi connectivity index (χ3n) is 7.69. The summed E-state index contributed by atoms with van der Waals surface area (Å²) in [6, 6.07) is 6.61. The molecule has 0 bridgehead atoms.